The highest BCUT2D eigenvalue weighted by Crippen LogP contribution is 2.33. The van der Waals surface area contributed by atoms with Crippen molar-refractivity contribution in [2.24, 2.45) is 42.3 Å². The molecule has 8 N–H and O–H groups in total. The van der Waals surface area contributed by atoms with Crippen LogP contribution in [0.3, 0.4) is 0 Å². The van der Waals surface area contributed by atoms with Crippen LogP contribution in [0, 0.1) is 0 Å². The van der Waals surface area contributed by atoms with E-state index in [9.17, 15) is 33.6 Å². The lowest BCUT2D eigenvalue weighted by molar-refractivity contribution is 0.565. The van der Waals surface area contributed by atoms with Gasteiger partial charge < -0.3 is 10.2 Å². The first kappa shape index (κ1) is 88.7. The highest BCUT2D eigenvalue weighted by Gasteiger charge is 2.11. The molecule has 111 heavy (non-hydrogen) atoms. The van der Waals surface area contributed by atoms with Gasteiger partial charge in [0.1, 0.15) is 0 Å². The van der Waals surface area contributed by atoms with Gasteiger partial charge in [0.15, 0.2) is 0 Å². The summed E-state index contributed by atoms with van der Waals surface area (Å²) >= 11 is 53.1. The van der Waals surface area contributed by atoms with Crippen LogP contribution in [0.15, 0.2) is 280 Å². The molecular weight excluding hydrogens is 1690 g/mol. The summed E-state index contributed by atoms with van der Waals surface area (Å²) in [6.07, 6.45) is 0. The van der Waals surface area contributed by atoms with E-state index in [1.807, 2.05) is 196 Å². The second kappa shape index (κ2) is 45.7. The van der Waals surface area contributed by atoms with Gasteiger partial charge >= 0.3 is 0 Å². The molecule has 582 valence electrons. The van der Waals surface area contributed by atoms with Gasteiger partial charge in [0.2, 0.25) is 0 Å². The van der Waals surface area contributed by atoms with Crippen molar-refractivity contribution in [3.8, 4) is 0 Å². The third kappa shape index (κ3) is 30.5. The van der Waals surface area contributed by atoms with Crippen molar-refractivity contribution in [1.82, 2.24) is 68.9 Å². The Hall–Kier alpha value is -7.91. The average molecular weight is 1770 g/mol. The molecule has 0 spiro atoms. The Morgan fingerprint density at radius 1 is 0.261 bits per heavy atom. The van der Waals surface area contributed by atoms with Gasteiger partial charge in [0.05, 0.1) is 37.2 Å². The number of benzene rings is 7. The third-order valence-electron chi connectivity index (χ3n) is 15.1. The third-order valence-corrected chi connectivity index (χ3v) is 25.1. The van der Waals surface area contributed by atoms with Crippen LogP contribution in [0.1, 0.15) is 39.9 Å². The predicted octanol–water partition coefficient (Wildman–Crippen LogP) is 18.6. The first-order chi connectivity index (χ1) is 53.2. The van der Waals surface area contributed by atoms with Crippen molar-refractivity contribution >= 4 is 164 Å². The number of rotatable bonds is 21. The minimum absolute atomic E-state index is 0.0123. The number of nitrogens with zero attached hydrogens (tertiary/aromatic N) is 6. The lowest BCUT2D eigenvalue weighted by Crippen LogP contribution is -2.16. The molecule has 0 fully saturated rings. The number of nitrogens with one attached hydrogen (secondary N) is 8. The monoisotopic (exact) mass is 1760 g/mol. The van der Waals surface area contributed by atoms with E-state index >= 15 is 0 Å². The zero-order chi connectivity index (χ0) is 79.9. The summed E-state index contributed by atoms with van der Waals surface area (Å²) in [7, 11) is 10.7. The molecule has 14 aromatic rings. The van der Waals surface area contributed by atoms with Crippen LogP contribution in [-0.2, 0) is 82.6 Å². The van der Waals surface area contributed by atoms with Crippen LogP contribution in [0.4, 0.5) is 0 Å². The molecule has 0 saturated carbocycles. The van der Waals surface area contributed by atoms with E-state index in [2.05, 4.69) is 40.8 Å². The maximum Gasteiger partial charge on any atom is 0.266 e. The number of H-pyrrole nitrogens is 8. The van der Waals surface area contributed by atoms with Crippen LogP contribution in [-0.4, -0.2) is 68.9 Å². The van der Waals surface area contributed by atoms with E-state index in [0.29, 0.717) is 11.5 Å². The van der Waals surface area contributed by atoms with Crippen molar-refractivity contribution in [1.29, 1.82) is 0 Å². The van der Waals surface area contributed by atoms with Crippen LogP contribution >= 0.6 is 164 Å². The number of hydrogen-bond donors (Lipinski definition) is 8. The summed E-state index contributed by atoms with van der Waals surface area (Å²) < 4.78 is 9.83. The van der Waals surface area contributed by atoms with Gasteiger partial charge in [-0.25, -0.2) is 0 Å². The Bertz CT molecular complexity index is 5730. The van der Waals surface area contributed by atoms with Gasteiger partial charge in [-0.3, -0.25) is 92.2 Å². The molecular formula is C76H75Cl7N14O7S7. The van der Waals surface area contributed by atoms with Crippen molar-refractivity contribution in [3.05, 3.63) is 360 Å². The maximum atomic E-state index is 11.4. The zero-order valence-electron chi connectivity index (χ0n) is 60.2. The number of aromatic nitrogens is 14. The minimum Gasteiger partial charge on any atom is -0.301 e. The summed E-state index contributed by atoms with van der Waals surface area (Å²) in [4.78, 5) is 85.1. The highest BCUT2D eigenvalue weighted by molar-refractivity contribution is 8.00. The van der Waals surface area contributed by atoms with Crippen molar-refractivity contribution in [2.45, 2.75) is 74.5 Å². The van der Waals surface area contributed by atoms with Gasteiger partial charge in [-0.1, -0.05) is 148 Å². The Kier molecular flexibility index (Phi) is 36.5. The quantitative estimate of drug-likeness (QED) is 0.0311. The molecule has 0 atom stereocenters. The predicted molar refractivity (Wildman–Crippen MR) is 465 cm³/mol. The SMILES string of the molecule is Cn1[nH]c(=O)cc1CSc1cccc(Cl)c1.Cn1[nH]c(=O)cc1CSc1ccccc1Cl.Cn1[nH]c(CSc2cccc(Cl)c2)cc1=O.Cn1[nH]c(CSc2ccccc2Cl)cc1=O.Cn1c(CSc2ccccc2Cl)cc(=O)n1C.O=c1cc(CSc2cccc(Cl)c2)[nH][nH]1.O=c1cc(CSc2ccccc2Cl)[nH][nH]1. The van der Waals surface area contributed by atoms with E-state index in [-0.39, 0.29) is 38.9 Å². The summed E-state index contributed by atoms with van der Waals surface area (Å²) in [6.45, 7) is 0. The van der Waals surface area contributed by atoms with E-state index in [1.165, 1.54) is 9.36 Å². The summed E-state index contributed by atoms with van der Waals surface area (Å²) in [5, 5.41) is 27.0. The second-order valence-electron chi connectivity index (χ2n) is 23.4. The second-order valence-corrected chi connectivity index (χ2v) is 33.6. The lowest BCUT2D eigenvalue weighted by atomic mass is 10.4. The number of aryl methyl sites for hydroxylation is 4. The number of hydrogen-bond acceptors (Lipinski definition) is 14. The normalized spacial score (nSPS) is 10.6. The molecule has 21 nitrogen and oxygen atoms in total. The van der Waals surface area contributed by atoms with E-state index in [4.69, 9.17) is 81.2 Å². The molecule has 0 radical (unpaired) electrons. The Labute approximate surface area is 702 Å². The molecule has 35 heteroatoms. The highest BCUT2D eigenvalue weighted by atomic mass is 35.5. The molecule has 0 bridgehead atoms. The molecule has 7 aromatic carbocycles. The largest absolute Gasteiger partial charge is 0.301 e. The Morgan fingerprint density at radius 3 is 0.874 bits per heavy atom. The summed E-state index contributed by atoms with van der Waals surface area (Å²) in [5.41, 5.74) is 6.11. The van der Waals surface area contributed by atoms with Crippen LogP contribution in [0.2, 0.25) is 35.2 Å². The van der Waals surface area contributed by atoms with Gasteiger partial charge in [0, 0.05) is 197 Å². The van der Waals surface area contributed by atoms with E-state index < -0.39 is 0 Å². The summed E-state index contributed by atoms with van der Waals surface area (Å²) in [5.74, 6) is 5.06. The van der Waals surface area contributed by atoms with Gasteiger partial charge in [0.25, 0.3) is 38.9 Å². The fourth-order valence-electron chi connectivity index (χ4n) is 9.27. The molecule has 14 rings (SSSR count). The fourth-order valence-corrected chi connectivity index (χ4v) is 17.5. The lowest BCUT2D eigenvalue weighted by Gasteiger charge is -2.06. The molecule has 7 aromatic heterocycles. The number of halogens is 7. The molecule has 0 unspecified atom stereocenters. The Morgan fingerprint density at radius 2 is 0.577 bits per heavy atom. The minimum atomic E-state index is -0.107. The maximum absolute atomic E-state index is 11.4. The first-order valence-corrected chi connectivity index (χ1v) is 42.7. The summed E-state index contributed by atoms with van der Waals surface area (Å²) in [6, 6.07) is 64.9. The molecule has 0 saturated heterocycles. The number of thioether (sulfide) groups is 7. The van der Waals surface area contributed by atoms with E-state index in [1.54, 1.807) is 160 Å². The van der Waals surface area contributed by atoms with Crippen molar-refractivity contribution in [2.75, 3.05) is 0 Å². The standard InChI is InChI=1S/C12H13ClN2OS.4C11H11ClN2OS.2C10H9ClN2OS/c1-14-9(7-12(16)15(14)2)8-17-11-6-4-3-5-10(11)13;1-14-9(6-11(15)13-14)7-16-10-4-2-3-8(12)5-10;1-14-11(15)6-9(13-14)7-16-10-4-2-3-8(12)5-10;1-14-8(6-11(15)13-14)7-16-10-5-3-2-4-9(10)12;1-14-11(15)6-8(13-14)7-16-10-5-3-2-4-9(10)12;11-7-2-1-3-9(4-7)15-6-8-5-10(14)13-12-8;11-8-3-1-2-4-9(8)15-6-7-5-10(14)13-12-7/h3-7H,8H2,1-2H3;2-6H,7H2,1H3,(H,13,15);2-6,13H,7H2,1H3;2-6H,7H2,1H3,(H,13,15);2-6,13H,7H2,1H3;2*1-5H,6H2,(H2,12,13,14). The molecule has 0 aliphatic carbocycles. The molecule has 7 heterocycles. The van der Waals surface area contributed by atoms with E-state index in [0.717, 1.165) is 138 Å². The van der Waals surface area contributed by atoms with Gasteiger partial charge in [-0.2, -0.15) is 0 Å². The zero-order valence-corrected chi connectivity index (χ0v) is 71.2. The van der Waals surface area contributed by atoms with Crippen LogP contribution in [0.25, 0.3) is 0 Å². The molecule has 0 amide bonds. The van der Waals surface area contributed by atoms with Gasteiger partial charge in [-0.05, 0) is 103 Å². The fraction of sp³-hybridized carbons (Fsp3) is 0.171. The topological polar surface area (TPSA) is 275 Å². The molecule has 0 aliphatic heterocycles. The molecule has 0 aliphatic rings. The van der Waals surface area contributed by atoms with Crippen molar-refractivity contribution < 1.29 is 0 Å². The van der Waals surface area contributed by atoms with Crippen molar-refractivity contribution in [3.63, 3.8) is 0 Å². The number of aromatic amines is 8. The van der Waals surface area contributed by atoms with Gasteiger partial charge in [-0.15, -0.1) is 82.3 Å². The van der Waals surface area contributed by atoms with Crippen LogP contribution in [0.5, 0.6) is 0 Å². The Balaban J connectivity index is 0.000000163. The average Bonchev–Trinajstić information content (AvgIpc) is 1.74. The van der Waals surface area contributed by atoms with Crippen LogP contribution < -0.4 is 38.9 Å². The first-order valence-electron chi connectivity index (χ1n) is 33.1. The smallest absolute Gasteiger partial charge is 0.266 e.